The number of rotatable bonds is 6. The quantitative estimate of drug-likeness (QED) is 0.739. The summed E-state index contributed by atoms with van der Waals surface area (Å²) in [5.74, 6) is 0.705. The van der Waals surface area contributed by atoms with Crippen LogP contribution < -0.4 is 4.80 Å². The summed E-state index contributed by atoms with van der Waals surface area (Å²) in [6.45, 7) is 2.93. The number of esters is 1. The van der Waals surface area contributed by atoms with Crippen molar-refractivity contribution in [1.29, 1.82) is 0 Å². The van der Waals surface area contributed by atoms with E-state index < -0.39 is 0 Å². The van der Waals surface area contributed by atoms with Gasteiger partial charge in [-0.15, -0.1) is 0 Å². The summed E-state index contributed by atoms with van der Waals surface area (Å²) in [5, 5.41) is 0. The zero-order valence-electron chi connectivity index (χ0n) is 13.8. The molecular formula is C17H20N2O3S2. The summed E-state index contributed by atoms with van der Waals surface area (Å²) in [7, 11) is 0. The predicted molar refractivity (Wildman–Crippen MR) is 97.4 cm³/mol. The zero-order valence-corrected chi connectivity index (χ0v) is 15.4. The van der Waals surface area contributed by atoms with E-state index in [4.69, 9.17) is 4.74 Å². The maximum absolute atomic E-state index is 12.1. The fraction of sp³-hybridized carbons (Fsp3) is 0.471. The van der Waals surface area contributed by atoms with Crippen LogP contribution in [0.25, 0.3) is 10.2 Å². The van der Waals surface area contributed by atoms with Gasteiger partial charge in [0.1, 0.15) is 0 Å². The van der Waals surface area contributed by atoms with Crippen molar-refractivity contribution in [2.45, 2.75) is 26.3 Å². The van der Waals surface area contributed by atoms with Gasteiger partial charge in [-0.25, -0.2) is 4.79 Å². The zero-order chi connectivity index (χ0) is 17.1. The first-order chi connectivity index (χ1) is 11.6. The fourth-order valence-electron chi connectivity index (χ4n) is 2.41. The van der Waals surface area contributed by atoms with Crippen LogP contribution in [0.15, 0.2) is 23.2 Å². The SMILES string of the molecule is CCOC(=O)c1ccc2c(c1)sc(=NC(=O)C1CC1)n2CCSC. The molecule has 0 atom stereocenters. The predicted octanol–water partition coefficient (Wildman–Crippen LogP) is 3.08. The van der Waals surface area contributed by atoms with E-state index in [1.807, 2.05) is 12.1 Å². The molecule has 2 aromatic rings. The van der Waals surface area contributed by atoms with E-state index in [2.05, 4.69) is 15.8 Å². The number of aryl methyl sites for hydroxylation is 1. The molecule has 0 bridgehead atoms. The number of ether oxygens (including phenoxy) is 1. The third-order valence-electron chi connectivity index (χ3n) is 3.85. The van der Waals surface area contributed by atoms with E-state index in [9.17, 15) is 9.59 Å². The van der Waals surface area contributed by atoms with Gasteiger partial charge in [-0.2, -0.15) is 16.8 Å². The second-order valence-corrected chi connectivity index (χ2v) is 7.65. The van der Waals surface area contributed by atoms with Crippen LogP contribution in [0.1, 0.15) is 30.1 Å². The minimum Gasteiger partial charge on any atom is -0.462 e. The number of hydrogen-bond donors (Lipinski definition) is 0. The summed E-state index contributed by atoms with van der Waals surface area (Å²) in [6.07, 6.45) is 3.95. The molecule has 1 saturated carbocycles. The van der Waals surface area contributed by atoms with Crippen molar-refractivity contribution in [3.8, 4) is 0 Å². The van der Waals surface area contributed by atoms with Crippen LogP contribution in [0.2, 0.25) is 0 Å². The molecule has 0 saturated heterocycles. The van der Waals surface area contributed by atoms with Gasteiger partial charge in [0.15, 0.2) is 4.80 Å². The van der Waals surface area contributed by atoms with Gasteiger partial charge in [-0.3, -0.25) is 4.79 Å². The average molecular weight is 364 g/mol. The molecule has 0 N–H and O–H groups in total. The Labute approximate surface area is 148 Å². The number of carbonyl (C=O) groups is 2. The van der Waals surface area contributed by atoms with Crippen LogP contribution in [0, 0.1) is 5.92 Å². The molecule has 128 valence electrons. The highest BCUT2D eigenvalue weighted by molar-refractivity contribution is 7.98. The smallest absolute Gasteiger partial charge is 0.338 e. The Hall–Kier alpha value is -1.60. The van der Waals surface area contributed by atoms with Crippen LogP contribution in [0.3, 0.4) is 0 Å². The summed E-state index contributed by atoms with van der Waals surface area (Å²) in [4.78, 5) is 29.1. The van der Waals surface area contributed by atoms with Gasteiger partial charge in [0.2, 0.25) is 0 Å². The molecule has 0 aliphatic heterocycles. The maximum Gasteiger partial charge on any atom is 0.338 e. The monoisotopic (exact) mass is 364 g/mol. The van der Waals surface area contributed by atoms with Gasteiger partial charge >= 0.3 is 5.97 Å². The van der Waals surface area contributed by atoms with Crippen molar-refractivity contribution in [3.63, 3.8) is 0 Å². The summed E-state index contributed by atoms with van der Waals surface area (Å²) in [6, 6.07) is 5.52. The fourth-order valence-corrected chi connectivity index (χ4v) is 3.88. The van der Waals surface area contributed by atoms with E-state index in [-0.39, 0.29) is 17.8 Å². The molecule has 0 radical (unpaired) electrons. The number of thiazole rings is 1. The molecule has 3 rings (SSSR count). The largest absolute Gasteiger partial charge is 0.462 e. The Kier molecular flexibility index (Phi) is 5.40. The van der Waals surface area contributed by atoms with Crippen LogP contribution in [0.5, 0.6) is 0 Å². The number of carbonyl (C=O) groups excluding carboxylic acids is 2. The van der Waals surface area contributed by atoms with Crippen molar-refractivity contribution in [3.05, 3.63) is 28.6 Å². The van der Waals surface area contributed by atoms with E-state index in [0.717, 1.165) is 40.2 Å². The summed E-state index contributed by atoms with van der Waals surface area (Å²) < 4.78 is 8.08. The minimum atomic E-state index is -0.323. The number of amides is 1. The van der Waals surface area contributed by atoms with Gasteiger partial charge < -0.3 is 9.30 Å². The number of nitrogens with zero attached hydrogens (tertiary/aromatic N) is 2. The number of hydrogen-bond acceptors (Lipinski definition) is 5. The highest BCUT2D eigenvalue weighted by Gasteiger charge is 2.29. The molecule has 1 amide bonds. The first kappa shape index (κ1) is 17.2. The normalized spacial score (nSPS) is 15.0. The van der Waals surface area contributed by atoms with Gasteiger partial charge in [0, 0.05) is 18.2 Å². The lowest BCUT2D eigenvalue weighted by Crippen LogP contribution is -2.18. The molecule has 1 aliphatic rings. The lowest BCUT2D eigenvalue weighted by molar-refractivity contribution is -0.119. The van der Waals surface area contributed by atoms with Crippen LogP contribution in [-0.2, 0) is 16.1 Å². The van der Waals surface area contributed by atoms with Gasteiger partial charge in [-0.05, 0) is 44.2 Å². The number of aromatic nitrogens is 1. The van der Waals surface area contributed by atoms with Crippen LogP contribution in [0.4, 0.5) is 0 Å². The molecule has 5 nitrogen and oxygen atoms in total. The third-order valence-corrected chi connectivity index (χ3v) is 5.48. The van der Waals surface area contributed by atoms with Crippen LogP contribution >= 0.6 is 23.1 Å². The second kappa shape index (κ2) is 7.53. The molecule has 1 heterocycles. The number of benzene rings is 1. The maximum atomic E-state index is 12.1. The van der Waals surface area contributed by atoms with Crippen LogP contribution in [-0.4, -0.2) is 35.1 Å². The Bertz CT molecular complexity index is 834. The molecular weight excluding hydrogens is 344 g/mol. The standard InChI is InChI=1S/C17H20N2O3S2/c1-3-22-16(21)12-6-7-13-14(10-12)24-17(19(13)8-9-23-2)18-15(20)11-4-5-11/h6-7,10-11H,3-5,8-9H2,1-2H3. The van der Waals surface area contributed by atoms with E-state index in [0.29, 0.717) is 12.2 Å². The minimum absolute atomic E-state index is 0.0231. The van der Waals surface area contributed by atoms with Crippen molar-refractivity contribution in [2.24, 2.45) is 10.9 Å². The van der Waals surface area contributed by atoms with E-state index in [1.54, 1.807) is 24.8 Å². The first-order valence-corrected chi connectivity index (χ1v) is 10.2. The van der Waals surface area contributed by atoms with E-state index >= 15 is 0 Å². The second-order valence-electron chi connectivity index (χ2n) is 5.66. The first-order valence-electron chi connectivity index (χ1n) is 8.02. The summed E-state index contributed by atoms with van der Waals surface area (Å²) in [5.41, 5.74) is 1.53. The number of thioether (sulfide) groups is 1. The van der Waals surface area contributed by atoms with Crippen molar-refractivity contribution in [2.75, 3.05) is 18.6 Å². The molecule has 24 heavy (non-hydrogen) atoms. The highest BCUT2D eigenvalue weighted by atomic mass is 32.2. The Morgan fingerprint density at radius 3 is 2.88 bits per heavy atom. The lowest BCUT2D eigenvalue weighted by Gasteiger charge is -2.05. The van der Waals surface area contributed by atoms with Gasteiger partial charge in [0.25, 0.3) is 5.91 Å². The molecule has 0 spiro atoms. The molecule has 0 unspecified atom stereocenters. The third kappa shape index (κ3) is 3.72. The number of fused-ring (bicyclic) bond motifs is 1. The van der Waals surface area contributed by atoms with E-state index in [1.165, 1.54) is 11.3 Å². The molecule has 7 heteroatoms. The Morgan fingerprint density at radius 1 is 1.42 bits per heavy atom. The van der Waals surface area contributed by atoms with Crippen molar-refractivity contribution in [1.82, 2.24) is 4.57 Å². The van der Waals surface area contributed by atoms with Gasteiger partial charge in [0.05, 0.1) is 22.4 Å². The highest BCUT2D eigenvalue weighted by Crippen LogP contribution is 2.30. The molecule has 1 aliphatic carbocycles. The van der Waals surface area contributed by atoms with Gasteiger partial charge in [-0.1, -0.05) is 11.3 Å². The Balaban J connectivity index is 2.04. The topological polar surface area (TPSA) is 60.7 Å². The molecule has 1 fully saturated rings. The summed E-state index contributed by atoms with van der Waals surface area (Å²) >= 11 is 3.21. The molecule has 1 aromatic carbocycles. The molecule has 1 aromatic heterocycles. The van der Waals surface area contributed by atoms with Crippen molar-refractivity contribution >= 4 is 45.2 Å². The average Bonchev–Trinajstić information content (AvgIpc) is 3.36. The Morgan fingerprint density at radius 2 is 2.21 bits per heavy atom. The van der Waals surface area contributed by atoms with Crippen molar-refractivity contribution < 1.29 is 14.3 Å². The lowest BCUT2D eigenvalue weighted by atomic mass is 10.2.